The van der Waals surface area contributed by atoms with E-state index in [2.05, 4.69) is 13.8 Å². The molecule has 1 heteroatoms. The fourth-order valence-corrected chi connectivity index (χ4v) is 2.84. The van der Waals surface area contributed by atoms with E-state index < -0.39 is 0 Å². The van der Waals surface area contributed by atoms with Crippen LogP contribution in [0.25, 0.3) is 0 Å². The van der Waals surface area contributed by atoms with Crippen molar-refractivity contribution in [3.8, 4) is 0 Å². The van der Waals surface area contributed by atoms with Crippen LogP contribution in [0.1, 0.15) is 46.0 Å². The molecule has 0 spiro atoms. The fraction of sp³-hybridized carbons (Fsp3) is 1.00. The SMILES string of the molecule is CC1(C)[C@@H](N)[C@@H]1CC1CCCC1. The van der Waals surface area contributed by atoms with E-state index in [0.717, 1.165) is 11.8 Å². The van der Waals surface area contributed by atoms with Crippen molar-refractivity contribution >= 4 is 0 Å². The van der Waals surface area contributed by atoms with Gasteiger partial charge in [0, 0.05) is 6.04 Å². The molecule has 1 nitrogen and oxygen atoms in total. The largest absolute Gasteiger partial charge is 0.327 e. The summed E-state index contributed by atoms with van der Waals surface area (Å²) in [5, 5.41) is 0. The van der Waals surface area contributed by atoms with E-state index in [-0.39, 0.29) is 0 Å². The maximum atomic E-state index is 6.02. The fourth-order valence-electron chi connectivity index (χ4n) is 2.84. The maximum Gasteiger partial charge on any atom is 0.0128 e. The molecule has 2 rings (SSSR count). The zero-order valence-electron chi connectivity index (χ0n) is 8.34. The number of rotatable bonds is 2. The Labute approximate surface area is 75.7 Å². The molecule has 0 amide bonds. The average Bonchev–Trinajstić information content (AvgIpc) is 2.48. The zero-order valence-corrected chi connectivity index (χ0v) is 8.34. The van der Waals surface area contributed by atoms with Gasteiger partial charge in [-0.05, 0) is 23.7 Å². The van der Waals surface area contributed by atoms with Crippen molar-refractivity contribution in [2.24, 2.45) is 23.0 Å². The molecule has 2 atom stereocenters. The minimum Gasteiger partial charge on any atom is -0.327 e. The van der Waals surface area contributed by atoms with Crippen molar-refractivity contribution in [1.29, 1.82) is 0 Å². The lowest BCUT2D eigenvalue weighted by Crippen LogP contribution is -2.07. The highest BCUT2D eigenvalue weighted by Gasteiger charge is 2.55. The Bertz CT molecular complexity index is 168. The highest BCUT2D eigenvalue weighted by molar-refractivity contribution is 5.09. The Kier molecular flexibility index (Phi) is 1.95. The van der Waals surface area contributed by atoms with Crippen molar-refractivity contribution in [1.82, 2.24) is 0 Å². The van der Waals surface area contributed by atoms with Gasteiger partial charge in [-0.25, -0.2) is 0 Å². The molecule has 0 aromatic carbocycles. The molecule has 0 unspecified atom stereocenters. The molecular weight excluding hydrogens is 146 g/mol. The quantitative estimate of drug-likeness (QED) is 0.672. The summed E-state index contributed by atoms with van der Waals surface area (Å²) in [6, 6.07) is 0.498. The second-order valence-corrected chi connectivity index (χ2v) is 5.34. The Morgan fingerprint density at radius 2 is 1.75 bits per heavy atom. The molecule has 0 aliphatic heterocycles. The van der Waals surface area contributed by atoms with Crippen molar-refractivity contribution in [2.75, 3.05) is 0 Å². The number of hydrogen-bond donors (Lipinski definition) is 1. The normalized spacial score (nSPS) is 40.2. The van der Waals surface area contributed by atoms with Crippen LogP contribution in [0.3, 0.4) is 0 Å². The van der Waals surface area contributed by atoms with E-state index in [1.54, 1.807) is 0 Å². The summed E-state index contributed by atoms with van der Waals surface area (Å²) in [6.45, 7) is 4.63. The Morgan fingerprint density at radius 1 is 1.25 bits per heavy atom. The number of hydrogen-bond acceptors (Lipinski definition) is 1. The lowest BCUT2D eigenvalue weighted by Gasteiger charge is -2.08. The van der Waals surface area contributed by atoms with E-state index in [1.807, 2.05) is 0 Å². The first-order valence-electron chi connectivity index (χ1n) is 5.38. The predicted octanol–water partition coefficient (Wildman–Crippen LogP) is 2.55. The molecule has 0 aromatic rings. The summed E-state index contributed by atoms with van der Waals surface area (Å²) in [5.74, 6) is 1.85. The van der Waals surface area contributed by atoms with Gasteiger partial charge in [0.2, 0.25) is 0 Å². The van der Waals surface area contributed by atoms with Gasteiger partial charge in [-0.2, -0.15) is 0 Å². The third-order valence-electron chi connectivity index (χ3n) is 4.20. The Hall–Kier alpha value is -0.0400. The van der Waals surface area contributed by atoms with Gasteiger partial charge in [-0.15, -0.1) is 0 Å². The maximum absolute atomic E-state index is 6.02. The van der Waals surface area contributed by atoms with E-state index in [0.29, 0.717) is 11.5 Å². The van der Waals surface area contributed by atoms with Crippen molar-refractivity contribution in [3.05, 3.63) is 0 Å². The van der Waals surface area contributed by atoms with Crippen LogP contribution in [0.4, 0.5) is 0 Å². The monoisotopic (exact) mass is 167 g/mol. The molecule has 0 saturated heterocycles. The summed E-state index contributed by atoms with van der Waals surface area (Å²) in [5.41, 5.74) is 6.48. The smallest absolute Gasteiger partial charge is 0.0128 e. The standard InChI is InChI=1S/C11H21N/c1-11(2)9(10(11)12)7-8-5-3-4-6-8/h8-10H,3-7,12H2,1-2H3/t9-,10-/m0/s1. The second kappa shape index (κ2) is 2.73. The molecule has 0 aromatic heterocycles. The summed E-state index contributed by atoms with van der Waals surface area (Å²) < 4.78 is 0. The van der Waals surface area contributed by atoms with Crippen LogP contribution in [0.5, 0.6) is 0 Å². The van der Waals surface area contributed by atoms with Crippen molar-refractivity contribution in [2.45, 2.75) is 52.0 Å². The number of nitrogens with two attached hydrogens (primary N) is 1. The summed E-state index contributed by atoms with van der Waals surface area (Å²) >= 11 is 0. The van der Waals surface area contributed by atoms with Crippen LogP contribution in [0.15, 0.2) is 0 Å². The lowest BCUT2D eigenvalue weighted by atomic mass is 9.97. The minimum atomic E-state index is 0.461. The lowest BCUT2D eigenvalue weighted by molar-refractivity contribution is 0.421. The van der Waals surface area contributed by atoms with Gasteiger partial charge in [0.05, 0.1) is 0 Å². The topological polar surface area (TPSA) is 26.0 Å². The minimum absolute atomic E-state index is 0.461. The molecule has 2 N–H and O–H groups in total. The van der Waals surface area contributed by atoms with Crippen LogP contribution >= 0.6 is 0 Å². The molecule has 2 aliphatic carbocycles. The van der Waals surface area contributed by atoms with Gasteiger partial charge in [0.15, 0.2) is 0 Å². The third kappa shape index (κ3) is 1.28. The van der Waals surface area contributed by atoms with Gasteiger partial charge in [-0.3, -0.25) is 0 Å². The summed E-state index contributed by atoms with van der Waals surface area (Å²) in [7, 11) is 0. The van der Waals surface area contributed by atoms with Gasteiger partial charge in [-0.1, -0.05) is 39.5 Å². The van der Waals surface area contributed by atoms with Crippen molar-refractivity contribution in [3.63, 3.8) is 0 Å². The highest BCUT2D eigenvalue weighted by Crippen LogP contribution is 2.54. The Morgan fingerprint density at radius 3 is 2.17 bits per heavy atom. The highest BCUT2D eigenvalue weighted by atomic mass is 14.8. The first kappa shape index (κ1) is 8.55. The van der Waals surface area contributed by atoms with Crippen LogP contribution in [0.2, 0.25) is 0 Å². The van der Waals surface area contributed by atoms with E-state index in [4.69, 9.17) is 5.73 Å². The van der Waals surface area contributed by atoms with Gasteiger partial charge in [0.25, 0.3) is 0 Å². The molecule has 2 aliphatic rings. The van der Waals surface area contributed by atoms with Gasteiger partial charge < -0.3 is 5.73 Å². The van der Waals surface area contributed by atoms with Gasteiger partial charge in [0.1, 0.15) is 0 Å². The van der Waals surface area contributed by atoms with Crippen LogP contribution in [-0.4, -0.2) is 6.04 Å². The molecule has 2 fully saturated rings. The Balaban J connectivity index is 1.81. The zero-order chi connectivity index (χ0) is 8.77. The second-order valence-electron chi connectivity index (χ2n) is 5.34. The average molecular weight is 167 g/mol. The predicted molar refractivity (Wildman–Crippen MR) is 51.8 cm³/mol. The first-order chi connectivity index (χ1) is 5.62. The molecule has 0 radical (unpaired) electrons. The molecular formula is C11H21N. The molecule has 2 saturated carbocycles. The third-order valence-corrected chi connectivity index (χ3v) is 4.20. The van der Waals surface area contributed by atoms with Gasteiger partial charge >= 0.3 is 0 Å². The van der Waals surface area contributed by atoms with E-state index in [9.17, 15) is 0 Å². The molecule has 0 heterocycles. The summed E-state index contributed by atoms with van der Waals surface area (Å²) in [4.78, 5) is 0. The molecule has 12 heavy (non-hydrogen) atoms. The first-order valence-corrected chi connectivity index (χ1v) is 5.38. The molecule has 70 valence electrons. The molecule has 0 bridgehead atoms. The van der Waals surface area contributed by atoms with Crippen LogP contribution in [0, 0.1) is 17.3 Å². The van der Waals surface area contributed by atoms with E-state index >= 15 is 0 Å². The van der Waals surface area contributed by atoms with E-state index in [1.165, 1.54) is 32.1 Å². The summed E-state index contributed by atoms with van der Waals surface area (Å²) in [6.07, 6.45) is 7.28. The van der Waals surface area contributed by atoms with Crippen LogP contribution < -0.4 is 5.73 Å². The van der Waals surface area contributed by atoms with Crippen molar-refractivity contribution < 1.29 is 0 Å². The van der Waals surface area contributed by atoms with Crippen LogP contribution in [-0.2, 0) is 0 Å².